The zero-order valence-corrected chi connectivity index (χ0v) is 11.8. The van der Waals surface area contributed by atoms with Crippen molar-refractivity contribution in [3.05, 3.63) is 47.7 Å². The number of rotatable bonds is 2. The Hall–Kier alpha value is -2.49. The summed E-state index contributed by atoms with van der Waals surface area (Å²) in [6.07, 6.45) is 0. The summed E-state index contributed by atoms with van der Waals surface area (Å²) in [5, 5.41) is 0. The van der Waals surface area contributed by atoms with Crippen LogP contribution in [0, 0.1) is 13.8 Å². The van der Waals surface area contributed by atoms with Gasteiger partial charge < -0.3 is 10.5 Å². The summed E-state index contributed by atoms with van der Waals surface area (Å²) < 4.78 is 7.25. The highest BCUT2D eigenvalue weighted by Gasteiger charge is 2.13. The number of nitrogen functional groups attached to an aromatic ring is 1. The first-order chi connectivity index (χ1) is 9.61. The van der Waals surface area contributed by atoms with Crippen molar-refractivity contribution in [2.45, 2.75) is 13.8 Å². The van der Waals surface area contributed by atoms with Crippen LogP contribution in [-0.4, -0.2) is 16.5 Å². The van der Waals surface area contributed by atoms with E-state index < -0.39 is 0 Å². The number of nitrogens with zero attached hydrogens (tertiary/aromatic N) is 2. The first-order valence-electron chi connectivity index (χ1n) is 6.50. The van der Waals surface area contributed by atoms with Gasteiger partial charge >= 0.3 is 0 Å². The van der Waals surface area contributed by atoms with Crippen molar-refractivity contribution in [1.82, 2.24) is 9.38 Å². The summed E-state index contributed by atoms with van der Waals surface area (Å²) in [5.41, 5.74) is 11.1. The van der Waals surface area contributed by atoms with Crippen molar-refractivity contribution in [2.75, 3.05) is 12.8 Å². The van der Waals surface area contributed by atoms with Gasteiger partial charge in [-0.25, -0.2) is 4.98 Å². The van der Waals surface area contributed by atoms with Gasteiger partial charge in [-0.05, 0) is 49.7 Å². The number of anilines is 1. The lowest BCUT2D eigenvalue weighted by molar-refractivity contribution is 0.412. The molecule has 0 amide bonds. The Labute approximate surface area is 117 Å². The summed E-state index contributed by atoms with van der Waals surface area (Å²) in [7, 11) is 1.67. The third-order valence-electron chi connectivity index (χ3n) is 3.54. The average Bonchev–Trinajstić information content (AvgIpc) is 2.77. The van der Waals surface area contributed by atoms with E-state index in [4.69, 9.17) is 10.5 Å². The van der Waals surface area contributed by atoms with Gasteiger partial charge in [-0.15, -0.1) is 0 Å². The molecule has 20 heavy (non-hydrogen) atoms. The molecule has 1 aromatic carbocycles. The van der Waals surface area contributed by atoms with Crippen molar-refractivity contribution in [3.8, 4) is 17.0 Å². The second kappa shape index (κ2) is 4.56. The van der Waals surface area contributed by atoms with Crippen LogP contribution in [0.15, 0.2) is 36.4 Å². The summed E-state index contributed by atoms with van der Waals surface area (Å²) >= 11 is 0. The number of pyridine rings is 1. The summed E-state index contributed by atoms with van der Waals surface area (Å²) in [6.45, 7) is 4.04. The number of fused-ring (bicyclic) bond motifs is 1. The minimum absolute atomic E-state index is 0.669. The number of benzene rings is 1. The molecule has 0 spiro atoms. The fraction of sp³-hybridized carbons (Fsp3) is 0.188. The van der Waals surface area contributed by atoms with E-state index in [1.165, 1.54) is 0 Å². The normalized spacial score (nSPS) is 10.9. The van der Waals surface area contributed by atoms with Crippen LogP contribution in [0.5, 0.6) is 5.75 Å². The molecule has 0 aliphatic heterocycles. The van der Waals surface area contributed by atoms with Gasteiger partial charge in [0, 0.05) is 11.3 Å². The quantitative estimate of drug-likeness (QED) is 0.775. The van der Waals surface area contributed by atoms with Crippen LogP contribution in [0.2, 0.25) is 0 Å². The number of nitrogens with two attached hydrogens (primary N) is 1. The Balaban J connectivity index is 2.22. The van der Waals surface area contributed by atoms with Crippen molar-refractivity contribution in [2.24, 2.45) is 0 Å². The van der Waals surface area contributed by atoms with Gasteiger partial charge in [-0.3, -0.25) is 4.40 Å². The number of hydrogen-bond donors (Lipinski definition) is 1. The van der Waals surface area contributed by atoms with Crippen molar-refractivity contribution < 1.29 is 4.74 Å². The molecule has 0 radical (unpaired) electrons. The molecule has 102 valence electrons. The number of aryl methyl sites for hydroxylation is 2. The molecular weight excluding hydrogens is 250 g/mol. The zero-order valence-electron chi connectivity index (χ0n) is 11.8. The van der Waals surface area contributed by atoms with Crippen LogP contribution in [0.25, 0.3) is 16.9 Å². The lowest BCUT2D eigenvalue weighted by Gasteiger charge is -2.06. The first-order valence-corrected chi connectivity index (χ1v) is 6.50. The number of ether oxygens (including phenoxy) is 1. The van der Waals surface area contributed by atoms with Gasteiger partial charge in [0.2, 0.25) is 0 Å². The van der Waals surface area contributed by atoms with E-state index in [1.807, 2.05) is 54.6 Å². The Kier molecular flexibility index (Phi) is 2.86. The highest BCUT2D eigenvalue weighted by atomic mass is 16.5. The van der Waals surface area contributed by atoms with Crippen LogP contribution in [0.3, 0.4) is 0 Å². The Morgan fingerprint density at radius 3 is 2.60 bits per heavy atom. The van der Waals surface area contributed by atoms with Gasteiger partial charge in [-0.1, -0.05) is 6.07 Å². The Morgan fingerprint density at radius 2 is 1.95 bits per heavy atom. The standard InChI is InChI=1S/C16H17N3O/c1-10-9-12(7-8-13(10)20-3)15-16(17)19-11(2)5-4-6-14(19)18-15/h4-9H,17H2,1-3H3. The molecular formula is C16H17N3O. The zero-order chi connectivity index (χ0) is 14.3. The van der Waals surface area contributed by atoms with Gasteiger partial charge in [0.05, 0.1) is 7.11 Å². The van der Waals surface area contributed by atoms with Crippen molar-refractivity contribution in [1.29, 1.82) is 0 Å². The molecule has 4 heteroatoms. The monoisotopic (exact) mass is 267 g/mol. The lowest BCUT2D eigenvalue weighted by Crippen LogP contribution is -1.97. The molecule has 0 aliphatic carbocycles. The van der Waals surface area contributed by atoms with Crippen molar-refractivity contribution >= 4 is 11.5 Å². The van der Waals surface area contributed by atoms with Crippen LogP contribution >= 0.6 is 0 Å². The smallest absolute Gasteiger partial charge is 0.139 e. The average molecular weight is 267 g/mol. The van der Waals surface area contributed by atoms with Gasteiger partial charge in [0.15, 0.2) is 0 Å². The van der Waals surface area contributed by atoms with E-state index in [9.17, 15) is 0 Å². The van der Waals surface area contributed by atoms with E-state index >= 15 is 0 Å². The molecule has 0 fully saturated rings. The fourth-order valence-electron chi connectivity index (χ4n) is 2.52. The van der Waals surface area contributed by atoms with Crippen LogP contribution in [0.4, 0.5) is 5.82 Å². The van der Waals surface area contributed by atoms with Crippen molar-refractivity contribution in [3.63, 3.8) is 0 Å². The highest BCUT2D eigenvalue weighted by molar-refractivity contribution is 5.76. The van der Waals surface area contributed by atoms with Gasteiger partial charge in [0.25, 0.3) is 0 Å². The fourth-order valence-corrected chi connectivity index (χ4v) is 2.52. The third kappa shape index (κ3) is 1.81. The molecule has 0 bridgehead atoms. The molecule has 0 saturated heterocycles. The summed E-state index contributed by atoms with van der Waals surface area (Å²) in [6, 6.07) is 11.9. The molecule has 0 saturated carbocycles. The molecule has 2 heterocycles. The maximum Gasteiger partial charge on any atom is 0.139 e. The Bertz CT molecular complexity index is 790. The molecule has 3 aromatic rings. The van der Waals surface area contributed by atoms with E-state index in [1.54, 1.807) is 7.11 Å². The molecule has 2 aromatic heterocycles. The second-order valence-electron chi connectivity index (χ2n) is 4.89. The minimum Gasteiger partial charge on any atom is -0.496 e. The van der Waals surface area contributed by atoms with Crippen LogP contribution < -0.4 is 10.5 Å². The highest BCUT2D eigenvalue weighted by Crippen LogP contribution is 2.30. The second-order valence-corrected chi connectivity index (χ2v) is 4.89. The first kappa shape index (κ1) is 12.5. The summed E-state index contributed by atoms with van der Waals surface area (Å²) in [5.74, 6) is 1.54. The third-order valence-corrected chi connectivity index (χ3v) is 3.54. The SMILES string of the molecule is COc1ccc(-c2nc3cccc(C)n3c2N)cc1C. The number of imidazole rings is 1. The predicted molar refractivity (Wildman–Crippen MR) is 81.1 cm³/mol. The molecule has 0 unspecified atom stereocenters. The van der Waals surface area contributed by atoms with Gasteiger partial charge in [-0.2, -0.15) is 0 Å². The van der Waals surface area contributed by atoms with Gasteiger partial charge in [0.1, 0.15) is 22.9 Å². The van der Waals surface area contributed by atoms with E-state index in [0.29, 0.717) is 5.82 Å². The molecule has 0 aliphatic rings. The number of methoxy groups -OCH3 is 1. The molecule has 2 N–H and O–H groups in total. The van der Waals surface area contributed by atoms with Crippen LogP contribution in [-0.2, 0) is 0 Å². The molecule has 4 nitrogen and oxygen atoms in total. The Morgan fingerprint density at radius 1 is 1.15 bits per heavy atom. The topological polar surface area (TPSA) is 52.5 Å². The number of hydrogen-bond acceptors (Lipinski definition) is 3. The lowest BCUT2D eigenvalue weighted by atomic mass is 10.1. The van der Waals surface area contributed by atoms with E-state index in [-0.39, 0.29) is 0 Å². The molecule has 0 atom stereocenters. The van der Waals surface area contributed by atoms with E-state index in [2.05, 4.69) is 4.98 Å². The molecule has 3 rings (SSSR count). The van der Waals surface area contributed by atoms with Crippen LogP contribution in [0.1, 0.15) is 11.3 Å². The predicted octanol–water partition coefficient (Wildman–Crippen LogP) is 3.21. The minimum atomic E-state index is 0.669. The maximum absolute atomic E-state index is 6.26. The number of aromatic nitrogens is 2. The van der Waals surface area contributed by atoms with E-state index in [0.717, 1.165) is 33.9 Å². The summed E-state index contributed by atoms with van der Waals surface area (Å²) in [4.78, 5) is 4.64. The maximum atomic E-state index is 6.26. The largest absolute Gasteiger partial charge is 0.496 e.